The first-order chi connectivity index (χ1) is 9.93. The van der Waals surface area contributed by atoms with Gasteiger partial charge in [0.25, 0.3) is 0 Å². The second kappa shape index (κ2) is 5.07. The monoisotopic (exact) mass is 272 g/mol. The van der Waals surface area contributed by atoms with Crippen molar-refractivity contribution in [3.63, 3.8) is 0 Å². The Morgan fingerprint density at radius 1 is 1.00 bits per heavy atom. The molecule has 3 aliphatic rings. The highest BCUT2D eigenvalue weighted by Crippen LogP contribution is 2.38. The van der Waals surface area contributed by atoms with E-state index in [2.05, 4.69) is 44.0 Å². The number of rotatable bonds is 3. The highest BCUT2D eigenvalue weighted by atomic mass is 16.5. The molecule has 0 N–H and O–H groups in total. The van der Waals surface area contributed by atoms with Gasteiger partial charge < -0.3 is 14.5 Å². The van der Waals surface area contributed by atoms with Crippen LogP contribution < -0.4 is 9.80 Å². The second-order valence-corrected chi connectivity index (χ2v) is 5.43. The Morgan fingerprint density at radius 2 is 1.80 bits per heavy atom. The Kier molecular flexibility index (Phi) is 3.09. The van der Waals surface area contributed by atoms with Crippen molar-refractivity contribution in [1.82, 2.24) is 4.90 Å². The number of guanidine groups is 1. The summed E-state index contributed by atoms with van der Waals surface area (Å²) in [7, 11) is 0. The van der Waals surface area contributed by atoms with Crippen LogP contribution in [0.1, 0.15) is 0 Å². The highest BCUT2D eigenvalue weighted by molar-refractivity contribution is 6.17. The van der Waals surface area contributed by atoms with Gasteiger partial charge in [-0.15, -0.1) is 0 Å². The molecule has 0 bridgehead atoms. The fraction of sp³-hybridized carbons (Fsp3) is 0.533. The molecule has 106 valence electrons. The maximum Gasteiger partial charge on any atom is 0.206 e. The van der Waals surface area contributed by atoms with Crippen LogP contribution in [0, 0.1) is 0 Å². The molecule has 3 heterocycles. The molecule has 1 saturated heterocycles. The van der Waals surface area contributed by atoms with E-state index in [0.717, 1.165) is 58.4 Å². The first-order valence-corrected chi connectivity index (χ1v) is 7.42. The number of anilines is 2. The molecular weight excluding hydrogens is 252 g/mol. The zero-order chi connectivity index (χ0) is 13.4. The topological polar surface area (TPSA) is 31.3 Å². The van der Waals surface area contributed by atoms with Gasteiger partial charge in [-0.25, -0.2) is 0 Å². The number of para-hydroxylation sites is 2. The van der Waals surface area contributed by atoms with Crippen molar-refractivity contribution in [3.05, 3.63) is 24.3 Å². The summed E-state index contributed by atoms with van der Waals surface area (Å²) in [6, 6.07) is 8.63. The number of benzene rings is 1. The van der Waals surface area contributed by atoms with Crippen LogP contribution in [-0.2, 0) is 4.74 Å². The fourth-order valence-electron chi connectivity index (χ4n) is 3.21. The van der Waals surface area contributed by atoms with E-state index in [9.17, 15) is 0 Å². The minimum absolute atomic E-state index is 0.865. The first-order valence-electron chi connectivity index (χ1n) is 7.42. The predicted molar refractivity (Wildman–Crippen MR) is 80.7 cm³/mol. The summed E-state index contributed by atoms with van der Waals surface area (Å²) >= 11 is 0. The first kappa shape index (κ1) is 12.2. The summed E-state index contributed by atoms with van der Waals surface area (Å²) in [4.78, 5) is 11.9. The van der Waals surface area contributed by atoms with Gasteiger partial charge >= 0.3 is 0 Å². The molecule has 0 unspecified atom stereocenters. The van der Waals surface area contributed by atoms with Gasteiger partial charge in [0.15, 0.2) is 0 Å². The van der Waals surface area contributed by atoms with Crippen molar-refractivity contribution < 1.29 is 4.74 Å². The van der Waals surface area contributed by atoms with Gasteiger partial charge in [0, 0.05) is 32.7 Å². The van der Waals surface area contributed by atoms with Crippen LogP contribution in [0.15, 0.2) is 29.3 Å². The van der Waals surface area contributed by atoms with Gasteiger partial charge in [0.05, 0.1) is 31.1 Å². The standard InChI is InChI=1S/C15H20N4O/c1-2-4-14-13(3-1)18-6-5-16-15(18)19(14)8-7-17-9-11-20-12-10-17/h1-4H,5-12H2. The van der Waals surface area contributed by atoms with Crippen molar-refractivity contribution in [1.29, 1.82) is 0 Å². The molecule has 1 fully saturated rings. The molecular formula is C15H20N4O. The molecule has 1 aromatic rings. The molecule has 0 atom stereocenters. The SMILES string of the molecule is c1ccc2c(c1)N1CCN=C1N2CCN1CCOCC1. The summed E-state index contributed by atoms with van der Waals surface area (Å²) in [6.45, 7) is 7.83. The summed E-state index contributed by atoms with van der Waals surface area (Å²) < 4.78 is 5.41. The number of aliphatic imine (C=N–C) groups is 1. The minimum atomic E-state index is 0.865. The van der Waals surface area contributed by atoms with E-state index < -0.39 is 0 Å². The number of hydrogen-bond acceptors (Lipinski definition) is 5. The second-order valence-electron chi connectivity index (χ2n) is 5.43. The highest BCUT2D eigenvalue weighted by Gasteiger charge is 2.34. The summed E-state index contributed by atoms with van der Waals surface area (Å²) in [5.74, 6) is 1.14. The number of hydrogen-bond donors (Lipinski definition) is 0. The summed E-state index contributed by atoms with van der Waals surface area (Å²) in [5, 5.41) is 0. The van der Waals surface area contributed by atoms with Crippen LogP contribution in [0.3, 0.4) is 0 Å². The van der Waals surface area contributed by atoms with Gasteiger partial charge in [-0.1, -0.05) is 12.1 Å². The van der Waals surface area contributed by atoms with E-state index in [1.165, 1.54) is 11.4 Å². The Morgan fingerprint density at radius 3 is 2.65 bits per heavy atom. The van der Waals surface area contributed by atoms with E-state index in [-0.39, 0.29) is 0 Å². The van der Waals surface area contributed by atoms with Gasteiger partial charge in [0.2, 0.25) is 5.96 Å². The molecule has 0 radical (unpaired) electrons. The lowest BCUT2D eigenvalue weighted by atomic mass is 10.2. The lowest BCUT2D eigenvalue weighted by Gasteiger charge is -2.29. The summed E-state index contributed by atoms with van der Waals surface area (Å²) in [6.07, 6.45) is 0. The average molecular weight is 272 g/mol. The van der Waals surface area contributed by atoms with Crippen molar-refractivity contribution in [2.45, 2.75) is 0 Å². The van der Waals surface area contributed by atoms with E-state index in [1.807, 2.05) is 0 Å². The van der Waals surface area contributed by atoms with Gasteiger partial charge in [-0.2, -0.15) is 0 Å². The van der Waals surface area contributed by atoms with Crippen LogP contribution in [0.2, 0.25) is 0 Å². The molecule has 0 aromatic heterocycles. The van der Waals surface area contributed by atoms with Crippen molar-refractivity contribution in [3.8, 4) is 0 Å². The van der Waals surface area contributed by atoms with Gasteiger partial charge in [-0.05, 0) is 12.1 Å². The Labute approximate surface area is 119 Å². The molecule has 20 heavy (non-hydrogen) atoms. The van der Waals surface area contributed by atoms with Crippen LogP contribution >= 0.6 is 0 Å². The number of ether oxygens (including phenoxy) is 1. The van der Waals surface area contributed by atoms with E-state index in [1.54, 1.807) is 0 Å². The van der Waals surface area contributed by atoms with Crippen molar-refractivity contribution in [2.24, 2.45) is 4.99 Å². The lowest BCUT2D eigenvalue weighted by molar-refractivity contribution is 0.0395. The summed E-state index contributed by atoms with van der Waals surface area (Å²) in [5.41, 5.74) is 2.62. The molecule has 5 heteroatoms. The van der Waals surface area contributed by atoms with Crippen LogP contribution in [0.25, 0.3) is 0 Å². The van der Waals surface area contributed by atoms with E-state index in [0.29, 0.717) is 0 Å². The normalized spacial score (nSPS) is 21.9. The Bertz CT molecular complexity index is 524. The Hall–Kier alpha value is -1.59. The predicted octanol–water partition coefficient (Wildman–Crippen LogP) is 1.01. The zero-order valence-electron chi connectivity index (χ0n) is 11.7. The quantitative estimate of drug-likeness (QED) is 0.822. The third kappa shape index (κ3) is 1.98. The number of morpholine rings is 1. The van der Waals surface area contributed by atoms with Crippen molar-refractivity contribution in [2.75, 3.05) is 62.3 Å². The molecule has 0 amide bonds. The van der Waals surface area contributed by atoms with Gasteiger partial charge in [0.1, 0.15) is 0 Å². The maximum atomic E-state index is 5.41. The van der Waals surface area contributed by atoms with Crippen LogP contribution in [0.5, 0.6) is 0 Å². The van der Waals surface area contributed by atoms with Gasteiger partial charge in [-0.3, -0.25) is 9.89 Å². The third-order valence-corrected chi connectivity index (χ3v) is 4.27. The smallest absolute Gasteiger partial charge is 0.206 e. The molecule has 0 aliphatic carbocycles. The number of nitrogens with zero attached hydrogens (tertiary/aromatic N) is 4. The van der Waals surface area contributed by atoms with Crippen LogP contribution in [0.4, 0.5) is 11.4 Å². The van der Waals surface area contributed by atoms with Crippen LogP contribution in [-0.4, -0.2) is 63.3 Å². The minimum Gasteiger partial charge on any atom is -0.379 e. The molecule has 3 aliphatic heterocycles. The largest absolute Gasteiger partial charge is 0.379 e. The molecule has 4 rings (SSSR count). The Balaban J connectivity index is 1.52. The number of fused-ring (bicyclic) bond motifs is 3. The molecule has 1 aromatic carbocycles. The average Bonchev–Trinajstić information content (AvgIpc) is 3.07. The third-order valence-electron chi connectivity index (χ3n) is 4.27. The lowest BCUT2D eigenvalue weighted by Crippen LogP contribution is -2.44. The van der Waals surface area contributed by atoms with E-state index >= 15 is 0 Å². The maximum absolute atomic E-state index is 5.41. The fourth-order valence-corrected chi connectivity index (χ4v) is 3.21. The van der Waals surface area contributed by atoms with Crippen molar-refractivity contribution >= 4 is 17.3 Å². The molecule has 0 spiro atoms. The molecule has 0 saturated carbocycles. The molecule has 5 nitrogen and oxygen atoms in total. The van der Waals surface area contributed by atoms with E-state index in [4.69, 9.17) is 4.74 Å². The zero-order valence-corrected chi connectivity index (χ0v) is 11.7.